The first-order valence-electron chi connectivity index (χ1n) is 7.05. The van der Waals surface area contributed by atoms with Gasteiger partial charge in [-0.2, -0.15) is 0 Å². The Labute approximate surface area is 119 Å². The van der Waals surface area contributed by atoms with E-state index in [2.05, 4.69) is 4.99 Å². The van der Waals surface area contributed by atoms with Crippen LogP contribution in [0.4, 0.5) is 0 Å². The predicted octanol–water partition coefficient (Wildman–Crippen LogP) is 3.01. The van der Waals surface area contributed by atoms with Crippen LogP contribution in [-0.4, -0.2) is 30.9 Å². The molecular formula is C16H21NO3. The molecule has 0 radical (unpaired) electrons. The normalized spacial score (nSPS) is 22.9. The number of nitrogens with zero attached hydrogens (tertiary/aromatic N) is 1. The van der Waals surface area contributed by atoms with Crippen LogP contribution in [0.15, 0.2) is 29.3 Å². The van der Waals surface area contributed by atoms with Gasteiger partial charge in [-0.1, -0.05) is 0 Å². The molecular weight excluding hydrogens is 254 g/mol. The van der Waals surface area contributed by atoms with Crippen LogP contribution in [0.25, 0.3) is 0 Å². The van der Waals surface area contributed by atoms with Gasteiger partial charge in [0.05, 0.1) is 13.0 Å². The molecule has 0 heterocycles. The number of carboxylic acids is 1. The van der Waals surface area contributed by atoms with E-state index in [-0.39, 0.29) is 5.92 Å². The number of hydrogen-bond acceptors (Lipinski definition) is 3. The van der Waals surface area contributed by atoms with E-state index in [4.69, 9.17) is 9.84 Å². The molecule has 2 rings (SSSR count). The summed E-state index contributed by atoms with van der Waals surface area (Å²) in [6.45, 7) is 0.790. The van der Waals surface area contributed by atoms with Gasteiger partial charge in [0.15, 0.2) is 0 Å². The fourth-order valence-electron chi connectivity index (χ4n) is 2.59. The first-order chi connectivity index (χ1) is 9.69. The molecule has 1 N–H and O–H groups in total. The van der Waals surface area contributed by atoms with E-state index < -0.39 is 5.97 Å². The lowest BCUT2D eigenvalue weighted by molar-refractivity contribution is -0.143. The van der Waals surface area contributed by atoms with E-state index >= 15 is 0 Å². The SMILES string of the molecule is COc1ccc(/C=N/CC2CCC(C(=O)O)CC2)cc1. The Morgan fingerprint density at radius 1 is 1.30 bits per heavy atom. The van der Waals surface area contributed by atoms with Crippen molar-refractivity contribution >= 4 is 12.2 Å². The summed E-state index contributed by atoms with van der Waals surface area (Å²) in [7, 11) is 1.65. The standard InChI is InChI=1S/C16H21NO3/c1-20-15-8-4-13(5-9-15)11-17-10-12-2-6-14(7-3-12)16(18)19/h4-5,8-9,11-12,14H,2-3,6-7,10H2,1H3,(H,18,19)/b17-11+. The molecule has 108 valence electrons. The molecule has 0 amide bonds. The first kappa shape index (κ1) is 14.6. The van der Waals surface area contributed by atoms with E-state index in [0.717, 1.165) is 43.5 Å². The van der Waals surface area contributed by atoms with E-state index in [0.29, 0.717) is 5.92 Å². The Morgan fingerprint density at radius 3 is 2.50 bits per heavy atom. The van der Waals surface area contributed by atoms with Gasteiger partial charge in [0.25, 0.3) is 0 Å². The third-order valence-corrected chi connectivity index (χ3v) is 3.92. The average molecular weight is 275 g/mol. The summed E-state index contributed by atoms with van der Waals surface area (Å²) in [6, 6.07) is 7.78. The number of carbonyl (C=O) groups is 1. The Morgan fingerprint density at radius 2 is 1.95 bits per heavy atom. The van der Waals surface area contributed by atoms with Crippen LogP contribution in [0.5, 0.6) is 5.75 Å². The highest BCUT2D eigenvalue weighted by molar-refractivity contribution is 5.79. The second-order valence-corrected chi connectivity index (χ2v) is 5.32. The van der Waals surface area contributed by atoms with Gasteiger partial charge < -0.3 is 9.84 Å². The van der Waals surface area contributed by atoms with Crippen LogP contribution in [-0.2, 0) is 4.79 Å². The van der Waals surface area contributed by atoms with Gasteiger partial charge in [-0.05, 0) is 61.4 Å². The summed E-state index contributed by atoms with van der Waals surface area (Å²) < 4.78 is 5.11. The monoisotopic (exact) mass is 275 g/mol. The summed E-state index contributed by atoms with van der Waals surface area (Å²) >= 11 is 0. The van der Waals surface area contributed by atoms with Crippen molar-refractivity contribution in [1.29, 1.82) is 0 Å². The van der Waals surface area contributed by atoms with Crippen molar-refractivity contribution < 1.29 is 14.6 Å². The van der Waals surface area contributed by atoms with Crippen molar-refractivity contribution in [1.82, 2.24) is 0 Å². The van der Waals surface area contributed by atoms with Gasteiger partial charge >= 0.3 is 5.97 Å². The fourth-order valence-corrected chi connectivity index (χ4v) is 2.59. The molecule has 1 aliphatic rings. The van der Waals surface area contributed by atoms with Crippen molar-refractivity contribution in [2.24, 2.45) is 16.8 Å². The molecule has 4 heteroatoms. The Hall–Kier alpha value is -1.84. The summed E-state index contributed by atoms with van der Waals surface area (Å²) in [5, 5.41) is 8.95. The number of aliphatic carboxylic acids is 1. The van der Waals surface area contributed by atoms with Crippen molar-refractivity contribution in [2.75, 3.05) is 13.7 Å². The van der Waals surface area contributed by atoms with E-state index in [1.807, 2.05) is 30.5 Å². The van der Waals surface area contributed by atoms with Gasteiger partial charge in [0.1, 0.15) is 5.75 Å². The smallest absolute Gasteiger partial charge is 0.306 e. The maximum Gasteiger partial charge on any atom is 0.306 e. The van der Waals surface area contributed by atoms with Gasteiger partial charge in [-0.3, -0.25) is 9.79 Å². The molecule has 0 bridgehead atoms. The van der Waals surface area contributed by atoms with Crippen LogP contribution in [0, 0.1) is 11.8 Å². The molecule has 0 atom stereocenters. The second-order valence-electron chi connectivity index (χ2n) is 5.32. The molecule has 1 aromatic carbocycles. The average Bonchev–Trinajstić information content (AvgIpc) is 2.48. The zero-order valence-corrected chi connectivity index (χ0v) is 11.8. The van der Waals surface area contributed by atoms with Crippen LogP contribution < -0.4 is 4.74 Å². The third-order valence-electron chi connectivity index (χ3n) is 3.92. The molecule has 1 saturated carbocycles. The third kappa shape index (κ3) is 4.08. The van der Waals surface area contributed by atoms with E-state index in [1.54, 1.807) is 7.11 Å². The lowest BCUT2D eigenvalue weighted by Gasteiger charge is -2.24. The molecule has 0 aromatic heterocycles. The topological polar surface area (TPSA) is 58.9 Å². The molecule has 20 heavy (non-hydrogen) atoms. The van der Waals surface area contributed by atoms with Crippen LogP contribution >= 0.6 is 0 Å². The number of carboxylic acid groups (broad SMARTS) is 1. The first-order valence-corrected chi connectivity index (χ1v) is 7.05. The lowest BCUT2D eigenvalue weighted by Crippen LogP contribution is -2.22. The molecule has 4 nitrogen and oxygen atoms in total. The van der Waals surface area contributed by atoms with Crippen LogP contribution in [0.3, 0.4) is 0 Å². The highest BCUT2D eigenvalue weighted by Gasteiger charge is 2.25. The minimum Gasteiger partial charge on any atom is -0.497 e. The predicted molar refractivity (Wildman–Crippen MR) is 78.5 cm³/mol. The largest absolute Gasteiger partial charge is 0.497 e. The summed E-state index contributed by atoms with van der Waals surface area (Å²) in [6.07, 6.45) is 5.40. The second kappa shape index (κ2) is 7.08. The number of hydrogen-bond donors (Lipinski definition) is 1. The van der Waals surface area contributed by atoms with Gasteiger partial charge in [0.2, 0.25) is 0 Å². The summed E-state index contributed by atoms with van der Waals surface area (Å²) in [5.74, 6) is 0.580. The molecule has 0 spiro atoms. The van der Waals surface area contributed by atoms with E-state index in [1.165, 1.54) is 0 Å². The zero-order valence-electron chi connectivity index (χ0n) is 11.8. The van der Waals surface area contributed by atoms with Gasteiger partial charge in [-0.15, -0.1) is 0 Å². The van der Waals surface area contributed by atoms with Crippen LogP contribution in [0.2, 0.25) is 0 Å². The van der Waals surface area contributed by atoms with Crippen molar-refractivity contribution in [3.63, 3.8) is 0 Å². The van der Waals surface area contributed by atoms with Crippen molar-refractivity contribution in [3.8, 4) is 5.75 Å². The minimum atomic E-state index is -0.648. The molecule has 0 saturated heterocycles. The van der Waals surface area contributed by atoms with Gasteiger partial charge in [-0.25, -0.2) is 0 Å². The summed E-state index contributed by atoms with van der Waals surface area (Å²) in [4.78, 5) is 15.3. The van der Waals surface area contributed by atoms with Crippen molar-refractivity contribution in [2.45, 2.75) is 25.7 Å². The number of methoxy groups -OCH3 is 1. The van der Waals surface area contributed by atoms with Crippen LogP contribution in [0.1, 0.15) is 31.2 Å². The van der Waals surface area contributed by atoms with Crippen molar-refractivity contribution in [3.05, 3.63) is 29.8 Å². The summed E-state index contributed by atoms with van der Waals surface area (Å²) in [5.41, 5.74) is 1.06. The quantitative estimate of drug-likeness (QED) is 0.840. The number of aliphatic imine (C=N–C) groups is 1. The maximum absolute atomic E-state index is 10.9. The molecule has 0 aliphatic heterocycles. The minimum absolute atomic E-state index is 0.142. The number of ether oxygens (including phenoxy) is 1. The molecule has 0 unspecified atom stereocenters. The Kier molecular flexibility index (Phi) is 5.16. The highest BCUT2D eigenvalue weighted by atomic mass is 16.5. The Bertz CT molecular complexity index is 459. The highest BCUT2D eigenvalue weighted by Crippen LogP contribution is 2.29. The maximum atomic E-state index is 10.9. The Balaban J connectivity index is 1.77. The zero-order chi connectivity index (χ0) is 14.4. The fraction of sp³-hybridized carbons (Fsp3) is 0.500. The number of benzene rings is 1. The number of rotatable bonds is 5. The van der Waals surface area contributed by atoms with Gasteiger partial charge in [0, 0.05) is 12.8 Å². The molecule has 1 aliphatic carbocycles. The molecule has 1 fully saturated rings. The van der Waals surface area contributed by atoms with E-state index in [9.17, 15) is 4.79 Å². The lowest BCUT2D eigenvalue weighted by atomic mass is 9.82. The molecule has 1 aromatic rings.